The molecule has 20 heavy (non-hydrogen) atoms. The van der Waals surface area contributed by atoms with Gasteiger partial charge in [0.15, 0.2) is 0 Å². The van der Waals surface area contributed by atoms with Gasteiger partial charge in [-0.05, 0) is 12.8 Å². The van der Waals surface area contributed by atoms with Crippen LogP contribution in [0.4, 0.5) is 0 Å². The molecule has 3 aliphatic rings. The third-order valence-corrected chi connectivity index (χ3v) is 2.92. The van der Waals surface area contributed by atoms with Crippen LogP contribution in [0.2, 0.25) is 0 Å². The monoisotopic (exact) mass is 290 g/mol. The fourth-order valence-corrected chi connectivity index (χ4v) is 2.08. The molecule has 0 saturated carbocycles. The molecule has 0 aromatic heterocycles. The number of carboxylic acid groups (broad SMARTS) is 2. The zero-order valence-corrected chi connectivity index (χ0v) is 11.7. The van der Waals surface area contributed by atoms with Gasteiger partial charge in [-0.15, -0.1) is 0 Å². The molecule has 2 aliphatic heterocycles. The van der Waals surface area contributed by atoms with Crippen LogP contribution in [0, 0.1) is 5.92 Å². The van der Waals surface area contributed by atoms with Crippen molar-refractivity contribution in [3.05, 3.63) is 12.2 Å². The molecule has 0 amide bonds. The lowest BCUT2D eigenvalue weighted by atomic mass is 9.77. The van der Waals surface area contributed by atoms with E-state index in [2.05, 4.69) is 6.08 Å². The van der Waals surface area contributed by atoms with Crippen LogP contribution in [-0.4, -0.2) is 57.3 Å². The van der Waals surface area contributed by atoms with Crippen molar-refractivity contribution < 1.29 is 34.8 Å². The largest absolute Gasteiger partial charge is 0.481 e. The Labute approximate surface area is 117 Å². The molecule has 2 atom stereocenters. The van der Waals surface area contributed by atoms with E-state index in [9.17, 15) is 0 Å². The number of aliphatic hydroxyl groups excluding tert-OH is 2. The van der Waals surface area contributed by atoms with Crippen molar-refractivity contribution >= 4 is 11.9 Å². The molecule has 4 N–H and O–H groups in total. The van der Waals surface area contributed by atoms with Crippen molar-refractivity contribution in [2.24, 2.45) is 5.92 Å². The fourth-order valence-electron chi connectivity index (χ4n) is 2.08. The van der Waals surface area contributed by atoms with Gasteiger partial charge >= 0.3 is 0 Å². The smallest absolute Gasteiger partial charge is 0.300 e. The van der Waals surface area contributed by atoms with Crippen LogP contribution in [0.5, 0.6) is 0 Å². The second kappa shape index (κ2) is 8.68. The topological polar surface area (TPSA) is 124 Å². The normalized spacial score (nSPS) is 24.8. The fraction of sp³-hybridized carbons (Fsp3) is 0.692. The summed E-state index contributed by atoms with van der Waals surface area (Å²) in [5, 5.41) is 33.1. The summed E-state index contributed by atoms with van der Waals surface area (Å²) in [7, 11) is 0. The molecule has 2 unspecified atom stereocenters. The molecular weight excluding hydrogens is 268 g/mol. The predicted octanol–water partition coefficient (Wildman–Crippen LogP) is 0.257. The van der Waals surface area contributed by atoms with E-state index in [1.165, 1.54) is 0 Å². The number of hydrogen-bond acceptors (Lipinski definition) is 5. The highest BCUT2D eigenvalue weighted by molar-refractivity contribution is 5.63. The number of carboxylic acids is 2. The van der Waals surface area contributed by atoms with Crippen molar-refractivity contribution in [1.82, 2.24) is 0 Å². The summed E-state index contributed by atoms with van der Waals surface area (Å²) in [6.07, 6.45) is 6.22. The highest BCUT2D eigenvalue weighted by Gasteiger charge is 2.45. The number of ether oxygens (including phenoxy) is 1. The van der Waals surface area contributed by atoms with Crippen molar-refractivity contribution in [3.63, 3.8) is 0 Å². The van der Waals surface area contributed by atoms with Gasteiger partial charge in [-0.3, -0.25) is 9.59 Å². The molecule has 7 heteroatoms. The molecular formula is C13H22O7. The Bertz CT molecular complexity index is 327. The number of carbonyl (C=O) groups is 2. The van der Waals surface area contributed by atoms with Crippen molar-refractivity contribution in [1.29, 1.82) is 0 Å². The maximum atomic E-state index is 9.14. The Balaban J connectivity index is 0.000000380. The second-order valence-corrected chi connectivity index (χ2v) is 4.64. The summed E-state index contributed by atoms with van der Waals surface area (Å²) < 4.78 is 5.58. The molecule has 1 fully saturated rings. The maximum Gasteiger partial charge on any atom is 0.300 e. The summed E-state index contributed by atoms with van der Waals surface area (Å²) in [6, 6.07) is 0. The molecule has 0 aromatic carbocycles. The van der Waals surface area contributed by atoms with Gasteiger partial charge in [0.2, 0.25) is 0 Å². The van der Waals surface area contributed by atoms with E-state index in [1.807, 2.05) is 6.08 Å². The summed E-state index contributed by atoms with van der Waals surface area (Å²) in [5.74, 6) is -1.47. The Morgan fingerprint density at radius 3 is 1.70 bits per heavy atom. The van der Waals surface area contributed by atoms with Gasteiger partial charge in [0.05, 0.1) is 19.3 Å². The lowest BCUT2D eigenvalue weighted by Gasteiger charge is -2.46. The highest BCUT2D eigenvalue weighted by Crippen LogP contribution is 2.39. The zero-order valence-electron chi connectivity index (χ0n) is 11.7. The van der Waals surface area contributed by atoms with Gasteiger partial charge < -0.3 is 25.2 Å². The standard InChI is InChI=1S/C9H14O3.2C2H4O2/c10-5-9(6-11)7-1-3-8(12-9)4-2-7;2*1-2(3)4/h1,3,7-8,10-11H,2,4-6H2;2*1H3,(H,3,4). The molecule has 116 valence electrons. The van der Waals surface area contributed by atoms with Gasteiger partial charge in [0.25, 0.3) is 11.9 Å². The average Bonchev–Trinajstić information content (AvgIpc) is 2.38. The Kier molecular flexibility index (Phi) is 8.05. The molecule has 0 aromatic rings. The van der Waals surface area contributed by atoms with Gasteiger partial charge in [-0.2, -0.15) is 0 Å². The van der Waals surface area contributed by atoms with E-state index < -0.39 is 17.5 Å². The first-order valence-electron chi connectivity index (χ1n) is 6.24. The molecule has 3 rings (SSSR count). The molecule has 2 bridgehead atoms. The molecule has 0 spiro atoms. The number of aliphatic hydroxyl groups is 2. The number of hydrogen-bond donors (Lipinski definition) is 4. The predicted molar refractivity (Wildman–Crippen MR) is 70.3 cm³/mol. The average molecular weight is 290 g/mol. The minimum absolute atomic E-state index is 0.0883. The molecule has 7 nitrogen and oxygen atoms in total. The number of aliphatic carboxylic acids is 2. The van der Waals surface area contributed by atoms with Gasteiger partial charge in [-0.25, -0.2) is 0 Å². The van der Waals surface area contributed by atoms with Crippen molar-refractivity contribution in [3.8, 4) is 0 Å². The van der Waals surface area contributed by atoms with Crippen LogP contribution >= 0.6 is 0 Å². The van der Waals surface area contributed by atoms with E-state index in [0.29, 0.717) is 0 Å². The second-order valence-electron chi connectivity index (χ2n) is 4.64. The van der Waals surface area contributed by atoms with Crippen molar-refractivity contribution in [2.45, 2.75) is 38.4 Å². The summed E-state index contributed by atoms with van der Waals surface area (Å²) >= 11 is 0. The molecule has 2 heterocycles. The van der Waals surface area contributed by atoms with E-state index in [1.54, 1.807) is 0 Å². The van der Waals surface area contributed by atoms with Gasteiger partial charge in [0.1, 0.15) is 5.60 Å². The third-order valence-electron chi connectivity index (χ3n) is 2.92. The maximum absolute atomic E-state index is 9.14. The van der Waals surface area contributed by atoms with E-state index >= 15 is 0 Å². The first kappa shape index (κ1) is 18.6. The number of rotatable bonds is 2. The van der Waals surface area contributed by atoms with Crippen LogP contribution in [0.1, 0.15) is 26.7 Å². The Hall–Kier alpha value is -1.44. The minimum atomic E-state index is -0.833. The quantitative estimate of drug-likeness (QED) is 0.537. The van der Waals surface area contributed by atoms with Crippen LogP contribution in [-0.2, 0) is 14.3 Å². The Morgan fingerprint density at radius 1 is 1.10 bits per heavy atom. The lowest BCUT2D eigenvalue weighted by molar-refractivity contribution is -0.185. The summed E-state index contributed by atoms with van der Waals surface area (Å²) in [5.41, 5.74) is -0.697. The summed E-state index contributed by atoms with van der Waals surface area (Å²) in [6.45, 7) is 1.99. The van der Waals surface area contributed by atoms with E-state index in [0.717, 1.165) is 26.7 Å². The summed E-state index contributed by atoms with van der Waals surface area (Å²) in [4.78, 5) is 18.0. The first-order valence-corrected chi connectivity index (χ1v) is 6.24. The van der Waals surface area contributed by atoms with Crippen LogP contribution in [0.15, 0.2) is 12.2 Å². The lowest BCUT2D eigenvalue weighted by Crippen LogP contribution is -2.54. The zero-order chi connectivity index (χ0) is 15.8. The first-order chi connectivity index (χ1) is 9.27. The molecule has 0 radical (unpaired) electrons. The van der Waals surface area contributed by atoms with Gasteiger partial charge in [-0.1, -0.05) is 12.2 Å². The third kappa shape index (κ3) is 6.14. The minimum Gasteiger partial charge on any atom is -0.481 e. The number of fused-ring (bicyclic) bond motifs is 2. The molecule has 1 aliphatic carbocycles. The Morgan fingerprint density at radius 2 is 1.55 bits per heavy atom. The SMILES string of the molecule is CC(=O)O.CC(=O)O.OCC1(CO)OC2C=CC1CC2. The van der Waals surface area contributed by atoms with Crippen LogP contribution < -0.4 is 0 Å². The van der Waals surface area contributed by atoms with Crippen LogP contribution in [0.25, 0.3) is 0 Å². The van der Waals surface area contributed by atoms with Gasteiger partial charge in [0, 0.05) is 19.8 Å². The van der Waals surface area contributed by atoms with E-state index in [4.69, 9.17) is 34.8 Å². The van der Waals surface area contributed by atoms with Crippen LogP contribution in [0.3, 0.4) is 0 Å². The highest BCUT2D eigenvalue weighted by atomic mass is 16.5. The van der Waals surface area contributed by atoms with Crippen molar-refractivity contribution in [2.75, 3.05) is 13.2 Å². The van der Waals surface area contributed by atoms with E-state index in [-0.39, 0.29) is 25.2 Å². The molecule has 1 saturated heterocycles.